The molecule has 0 saturated carbocycles. The van der Waals surface area contributed by atoms with Crippen molar-refractivity contribution in [2.75, 3.05) is 0 Å². The summed E-state index contributed by atoms with van der Waals surface area (Å²) in [6.07, 6.45) is 0. The SMILES string of the molecule is c1ccc(-c2cccc(-c3nc(-c4ccc5c(c4)c4ccccc4n5-c4ccccc4)nc(-c4cc(-n5c6ccccc6c6cc7ccccc7cc65)cc5c4oc4ccccc45)n3)c2)cc1. The summed E-state index contributed by atoms with van der Waals surface area (Å²) in [5.74, 6) is 1.66. The van der Waals surface area contributed by atoms with E-state index >= 15 is 0 Å². The lowest BCUT2D eigenvalue weighted by Crippen LogP contribution is -2.02. The van der Waals surface area contributed by atoms with Crippen LogP contribution in [0.2, 0.25) is 0 Å². The minimum absolute atomic E-state index is 0.522. The first-order valence-electron chi connectivity index (χ1n) is 22.6. The maximum absolute atomic E-state index is 6.85. The topological polar surface area (TPSA) is 61.7 Å². The Bertz CT molecular complexity index is 4280. The molecule has 0 aliphatic carbocycles. The predicted molar refractivity (Wildman–Crippen MR) is 275 cm³/mol. The average Bonchev–Trinajstić information content (AvgIpc) is 4.05. The third-order valence-corrected chi connectivity index (χ3v) is 13.3. The van der Waals surface area contributed by atoms with Crippen LogP contribution in [-0.4, -0.2) is 24.1 Å². The van der Waals surface area contributed by atoms with Gasteiger partial charge in [-0.05, 0) is 101 Å². The van der Waals surface area contributed by atoms with Crippen LogP contribution in [0.3, 0.4) is 0 Å². The standard InChI is InChI=1S/C61H37N5O/c1-3-16-38(17-4-1)39-20-15-21-42(32-39)59-62-60(43-30-31-55-49(34-43)46-24-9-12-27-53(46)65(55)44-22-5-2-6-23-44)64-61(63-59)52-37-45(36-51-48-26-11-14-29-57(48)67-58(51)52)66-54-28-13-10-25-47(54)50-33-40-18-7-8-19-41(40)35-56(50)66/h1-37H. The Morgan fingerprint density at radius 3 is 1.61 bits per heavy atom. The van der Waals surface area contributed by atoms with Crippen molar-refractivity contribution in [3.8, 4) is 56.7 Å². The van der Waals surface area contributed by atoms with Gasteiger partial charge in [-0.1, -0.05) is 146 Å². The van der Waals surface area contributed by atoms with Gasteiger partial charge in [0.15, 0.2) is 17.5 Å². The van der Waals surface area contributed by atoms with Gasteiger partial charge in [0.1, 0.15) is 11.2 Å². The van der Waals surface area contributed by atoms with Gasteiger partial charge >= 0.3 is 0 Å². The second-order valence-corrected chi connectivity index (χ2v) is 17.2. The fourth-order valence-electron chi connectivity index (χ4n) is 10.2. The molecule has 0 unspecified atom stereocenters. The van der Waals surface area contributed by atoms with E-state index in [2.05, 4.69) is 215 Å². The number of fused-ring (bicyclic) bond motifs is 10. The highest BCUT2D eigenvalue weighted by molar-refractivity contribution is 6.15. The zero-order valence-corrected chi connectivity index (χ0v) is 36.0. The van der Waals surface area contributed by atoms with Gasteiger partial charge in [0, 0.05) is 54.8 Å². The van der Waals surface area contributed by atoms with Crippen molar-refractivity contribution in [2.45, 2.75) is 0 Å². The normalized spacial score (nSPS) is 11.9. The summed E-state index contributed by atoms with van der Waals surface area (Å²) in [5.41, 5.74) is 12.9. The van der Waals surface area contributed by atoms with Crippen LogP contribution in [0.25, 0.3) is 133 Å². The number of aromatic nitrogens is 5. The van der Waals surface area contributed by atoms with Crippen molar-refractivity contribution in [1.82, 2.24) is 24.1 Å². The third kappa shape index (κ3) is 5.93. The van der Waals surface area contributed by atoms with Crippen LogP contribution in [0.4, 0.5) is 0 Å². The van der Waals surface area contributed by atoms with Crippen molar-refractivity contribution >= 4 is 76.3 Å². The van der Waals surface area contributed by atoms with E-state index in [1.54, 1.807) is 0 Å². The Kier molecular flexibility index (Phi) is 8.18. The molecule has 0 radical (unpaired) electrons. The third-order valence-electron chi connectivity index (χ3n) is 13.3. The molecule has 0 fully saturated rings. The molecule has 0 amide bonds. The summed E-state index contributed by atoms with van der Waals surface area (Å²) < 4.78 is 11.6. The van der Waals surface area contributed by atoms with Gasteiger partial charge in [-0.15, -0.1) is 0 Å². The Labute approximate surface area is 384 Å². The lowest BCUT2D eigenvalue weighted by molar-refractivity contribution is 0.669. The zero-order valence-electron chi connectivity index (χ0n) is 36.0. The number of hydrogen-bond acceptors (Lipinski definition) is 4. The Morgan fingerprint density at radius 2 is 0.851 bits per heavy atom. The molecule has 67 heavy (non-hydrogen) atoms. The molecule has 14 rings (SSSR count). The molecule has 14 aromatic rings. The van der Waals surface area contributed by atoms with Gasteiger partial charge in [-0.25, -0.2) is 15.0 Å². The lowest BCUT2D eigenvalue weighted by Gasteiger charge is -2.13. The minimum Gasteiger partial charge on any atom is -0.455 e. The summed E-state index contributed by atoms with van der Waals surface area (Å²) >= 11 is 0. The molecule has 0 bridgehead atoms. The molecule has 0 atom stereocenters. The fraction of sp³-hybridized carbons (Fsp3) is 0. The number of benzene rings is 10. The predicted octanol–water partition coefficient (Wildman–Crippen LogP) is 15.8. The molecule has 6 heteroatoms. The van der Waals surface area contributed by atoms with Gasteiger partial charge in [0.25, 0.3) is 0 Å². The van der Waals surface area contributed by atoms with E-state index in [4.69, 9.17) is 19.4 Å². The highest BCUT2D eigenvalue weighted by atomic mass is 16.3. The smallest absolute Gasteiger partial charge is 0.167 e. The second-order valence-electron chi connectivity index (χ2n) is 17.2. The van der Waals surface area contributed by atoms with Crippen LogP contribution in [-0.2, 0) is 0 Å². The first kappa shape index (κ1) is 37.3. The second kappa shape index (κ2) is 14.7. The van der Waals surface area contributed by atoms with Crippen LogP contribution in [0.1, 0.15) is 0 Å². The minimum atomic E-state index is 0.522. The van der Waals surface area contributed by atoms with E-state index in [0.29, 0.717) is 17.5 Å². The lowest BCUT2D eigenvalue weighted by atomic mass is 10.0. The summed E-state index contributed by atoms with van der Waals surface area (Å²) in [4.78, 5) is 16.2. The molecule has 0 saturated heterocycles. The molecular weight excluding hydrogens is 819 g/mol. The number of furan rings is 1. The highest BCUT2D eigenvalue weighted by Crippen LogP contribution is 2.42. The Morgan fingerprint density at radius 1 is 0.299 bits per heavy atom. The molecule has 0 aliphatic heterocycles. The molecule has 0 aliphatic rings. The number of para-hydroxylation sites is 4. The van der Waals surface area contributed by atoms with Crippen LogP contribution in [0.15, 0.2) is 229 Å². The van der Waals surface area contributed by atoms with Gasteiger partial charge in [-0.2, -0.15) is 0 Å². The van der Waals surface area contributed by atoms with Crippen molar-refractivity contribution in [3.63, 3.8) is 0 Å². The highest BCUT2D eigenvalue weighted by Gasteiger charge is 2.23. The van der Waals surface area contributed by atoms with E-state index in [0.717, 1.165) is 94.0 Å². The molecular formula is C61H37N5O. The zero-order chi connectivity index (χ0) is 44.0. The number of rotatable bonds is 6. The number of hydrogen-bond donors (Lipinski definition) is 0. The Hall–Kier alpha value is -9.13. The summed E-state index contributed by atoms with van der Waals surface area (Å²) in [7, 11) is 0. The molecule has 4 aromatic heterocycles. The van der Waals surface area contributed by atoms with Gasteiger partial charge < -0.3 is 13.6 Å². The van der Waals surface area contributed by atoms with Crippen LogP contribution in [0, 0.1) is 0 Å². The van der Waals surface area contributed by atoms with Gasteiger partial charge in [0.05, 0.1) is 27.6 Å². The maximum atomic E-state index is 6.85. The van der Waals surface area contributed by atoms with Crippen LogP contribution < -0.4 is 0 Å². The van der Waals surface area contributed by atoms with Crippen molar-refractivity contribution in [2.24, 2.45) is 0 Å². The van der Waals surface area contributed by atoms with Crippen molar-refractivity contribution < 1.29 is 4.42 Å². The molecule has 10 aromatic carbocycles. The summed E-state index contributed by atoms with van der Waals surface area (Å²) in [5, 5.41) is 9.06. The van der Waals surface area contributed by atoms with Crippen molar-refractivity contribution in [1.29, 1.82) is 0 Å². The maximum Gasteiger partial charge on any atom is 0.167 e. The van der Waals surface area contributed by atoms with E-state index in [1.807, 2.05) is 18.2 Å². The largest absolute Gasteiger partial charge is 0.455 e. The molecule has 0 N–H and O–H groups in total. The van der Waals surface area contributed by atoms with E-state index in [-0.39, 0.29) is 0 Å². The Balaban J connectivity index is 1.05. The van der Waals surface area contributed by atoms with Crippen molar-refractivity contribution in [3.05, 3.63) is 224 Å². The van der Waals surface area contributed by atoms with Crippen LogP contribution in [0.5, 0.6) is 0 Å². The van der Waals surface area contributed by atoms with Gasteiger partial charge in [0.2, 0.25) is 0 Å². The summed E-state index contributed by atoms with van der Waals surface area (Å²) in [6.45, 7) is 0. The van der Waals surface area contributed by atoms with Gasteiger partial charge in [-0.3, -0.25) is 0 Å². The molecule has 312 valence electrons. The van der Waals surface area contributed by atoms with Crippen LogP contribution >= 0.6 is 0 Å². The quantitative estimate of drug-likeness (QED) is 0.167. The monoisotopic (exact) mass is 855 g/mol. The molecule has 6 nitrogen and oxygen atoms in total. The van der Waals surface area contributed by atoms with E-state index in [1.165, 1.54) is 21.5 Å². The first-order chi connectivity index (χ1) is 33.2. The van der Waals surface area contributed by atoms with E-state index < -0.39 is 0 Å². The molecule has 0 spiro atoms. The first-order valence-corrected chi connectivity index (χ1v) is 22.6. The van der Waals surface area contributed by atoms with E-state index in [9.17, 15) is 0 Å². The average molecular weight is 856 g/mol. The molecule has 4 heterocycles. The summed E-state index contributed by atoms with van der Waals surface area (Å²) in [6, 6.07) is 79.2. The number of nitrogens with zero attached hydrogens (tertiary/aromatic N) is 5. The fourth-order valence-corrected chi connectivity index (χ4v) is 10.2.